The monoisotopic (exact) mass is 294 g/mol. The van der Waals surface area contributed by atoms with Gasteiger partial charge >= 0.3 is 0 Å². The SMILES string of the molecule is CN(C(=O)CSc1nnc(C2CC2)n1N)C(C)(C)C#N. The molecule has 0 spiro atoms. The number of nitriles is 1. The Hall–Kier alpha value is -1.75. The van der Waals surface area contributed by atoms with Crippen molar-refractivity contribution in [3.05, 3.63) is 5.82 Å². The van der Waals surface area contributed by atoms with E-state index in [1.807, 2.05) is 0 Å². The average Bonchev–Trinajstić information content (AvgIpc) is 3.20. The highest BCUT2D eigenvalue weighted by Gasteiger charge is 2.31. The molecule has 1 saturated carbocycles. The Labute approximate surface area is 122 Å². The summed E-state index contributed by atoms with van der Waals surface area (Å²) in [5.41, 5.74) is -0.826. The van der Waals surface area contributed by atoms with Gasteiger partial charge in [-0.3, -0.25) is 4.79 Å². The molecule has 2 N–H and O–H groups in total. The standard InChI is InChI=1S/C12H18N6OS/c1-12(2,7-13)17(3)9(19)6-20-11-16-15-10(18(11)14)8-4-5-8/h8H,4-6,14H2,1-3H3. The van der Waals surface area contributed by atoms with E-state index in [-0.39, 0.29) is 11.7 Å². The van der Waals surface area contributed by atoms with Gasteiger partial charge in [0.1, 0.15) is 5.54 Å². The highest BCUT2D eigenvalue weighted by molar-refractivity contribution is 7.99. The fourth-order valence-electron chi connectivity index (χ4n) is 1.62. The lowest BCUT2D eigenvalue weighted by molar-refractivity contribution is -0.130. The fourth-order valence-corrected chi connectivity index (χ4v) is 2.39. The van der Waals surface area contributed by atoms with E-state index < -0.39 is 5.54 Å². The van der Waals surface area contributed by atoms with E-state index in [1.165, 1.54) is 21.3 Å². The Kier molecular flexibility index (Phi) is 3.90. The van der Waals surface area contributed by atoms with Crippen molar-refractivity contribution in [2.75, 3.05) is 18.6 Å². The van der Waals surface area contributed by atoms with Gasteiger partial charge in [-0.2, -0.15) is 5.26 Å². The molecule has 0 atom stereocenters. The highest BCUT2D eigenvalue weighted by Crippen LogP contribution is 2.39. The van der Waals surface area contributed by atoms with Crippen LogP contribution in [0.4, 0.5) is 0 Å². The van der Waals surface area contributed by atoms with Crippen LogP contribution < -0.4 is 5.84 Å². The third-order valence-electron chi connectivity index (χ3n) is 3.44. The third kappa shape index (κ3) is 2.88. The number of aromatic nitrogens is 3. The van der Waals surface area contributed by atoms with Crippen molar-refractivity contribution < 1.29 is 4.79 Å². The summed E-state index contributed by atoms with van der Waals surface area (Å²) in [6.07, 6.45) is 2.19. The van der Waals surface area contributed by atoms with Crippen LogP contribution in [0.15, 0.2) is 5.16 Å². The van der Waals surface area contributed by atoms with E-state index in [0.29, 0.717) is 11.1 Å². The minimum Gasteiger partial charge on any atom is -0.336 e. The van der Waals surface area contributed by atoms with Crippen molar-refractivity contribution in [1.82, 2.24) is 19.8 Å². The number of nitrogens with zero attached hydrogens (tertiary/aromatic N) is 5. The van der Waals surface area contributed by atoms with Crippen molar-refractivity contribution in [1.29, 1.82) is 5.26 Å². The zero-order valence-electron chi connectivity index (χ0n) is 11.8. The molecule has 0 unspecified atom stereocenters. The zero-order chi connectivity index (χ0) is 14.9. The predicted octanol–water partition coefficient (Wildman–Crippen LogP) is 0.722. The average molecular weight is 294 g/mol. The molecule has 1 aromatic heterocycles. The van der Waals surface area contributed by atoms with Crippen LogP contribution in [0.3, 0.4) is 0 Å². The van der Waals surface area contributed by atoms with Crippen LogP contribution in [-0.4, -0.2) is 44.0 Å². The maximum atomic E-state index is 12.0. The Morgan fingerprint density at radius 3 is 2.80 bits per heavy atom. The number of nitrogens with two attached hydrogens (primary N) is 1. The van der Waals surface area contributed by atoms with Crippen molar-refractivity contribution in [3.63, 3.8) is 0 Å². The van der Waals surface area contributed by atoms with Crippen LogP contribution in [0.1, 0.15) is 38.4 Å². The number of amides is 1. The zero-order valence-corrected chi connectivity index (χ0v) is 12.6. The summed E-state index contributed by atoms with van der Waals surface area (Å²) in [6, 6.07) is 2.10. The molecule has 1 amide bonds. The summed E-state index contributed by atoms with van der Waals surface area (Å²) >= 11 is 1.24. The third-order valence-corrected chi connectivity index (χ3v) is 4.37. The van der Waals surface area contributed by atoms with Gasteiger partial charge in [0.05, 0.1) is 11.8 Å². The number of carbonyl (C=O) groups excluding carboxylic acids is 1. The molecule has 8 heteroatoms. The van der Waals surface area contributed by atoms with Crippen molar-refractivity contribution in [3.8, 4) is 6.07 Å². The molecule has 1 aliphatic rings. The van der Waals surface area contributed by atoms with E-state index in [2.05, 4.69) is 16.3 Å². The highest BCUT2D eigenvalue weighted by atomic mass is 32.2. The van der Waals surface area contributed by atoms with Gasteiger partial charge in [-0.15, -0.1) is 10.2 Å². The Morgan fingerprint density at radius 2 is 2.25 bits per heavy atom. The van der Waals surface area contributed by atoms with Crippen LogP contribution in [0, 0.1) is 11.3 Å². The van der Waals surface area contributed by atoms with E-state index in [9.17, 15) is 4.79 Å². The molecule has 1 fully saturated rings. The molecule has 2 rings (SSSR count). The molecular formula is C12H18N6OS. The summed E-state index contributed by atoms with van der Waals surface area (Å²) < 4.78 is 1.46. The number of rotatable bonds is 5. The molecular weight excluding hydrogens is 276 g/mol. The first-order chi connectivity index (χ1) is 9.36. The molecule has 0 saturated heterocycles. The first kappa shape index (κ1) is 14.7. The largest absolute Gasteiger partial charge is 0.336 e. The fraction of sp³-hybridized carbons (Fsp3) is 0.667. The lowest BCUT2D eigenvalue weighted by Gasteiger charge is -2.28. The minimum atomic E-state index is -0.826. The van der Waals surface area contributed by atoms with Crippen LogP contribution in [-0.2, 0) is 4.79 Å². The second-order valence-corrected chi connectivity index (χ2v) is 6.34. The molecule has 0 aromatic carbocycles. The summed E-state index contributed by atoms with van der Waals surface area (Å²) in [6.45, 7) is 3.40. The number of hydrogen-bond acceptors (Lipinski definition) is 6. The summed E-state index contributed by atoms with van der Waals surface area (Å²) in [5, 5.41) is 17.6. The van der Waals surface area contributed by atoms with Gasteiger partial charge in [0.25, 0.3) is 0 Å². The molecule has 108 valence electrons. The normalized spacial score (nSPS) is 14.9. The van der Waals surface area contributed by atoms with E-state index in [1.54, 1.807) is 20.9 Å². The van der Waals surface area contributed by atoms with Gasteiger partial charge in [-0.25, -0.2) is 4.68 Å². The Bertz CT molecular complexity index is 557. The first-order valence-corrected chi connectivity index (χ1v) is 7.36. The van der Waals surface area contributed by atoms with Gasteiger partial charge in [-0.05, 0) is 26.7 Å². The van der Waals surface area contributed by atoms with Crippen molar-refractivity contribution in [2.45, 2.75) is 43.3 Å². The first-order valence-electron chi connectivity index (χ1n) is 6.38. The lowest BCUT2D eigenvalue weighted by atomic mass is 10.1. The predicted molar refractivity (Wildman–Crippen MR) is 75.3 cm³/mol. The molecule has 20 heavy (non-hydrogen) atoms. The van der Waals surface area contributed by atoms with Gasteiger partial charge in [0, 0.05) is 13.0 Å². The quantitative estimate of drug-likeness (QED) is 0.634. The second kappa shape index (κ2) is 5.32. The van der Waals surface area contributed by atoms with E-state index in [4.69, 9.17) is 11.1 Å². The number of carbonyl (C=O) groups is 1. The molecule has 1 aromatic rings. The molecule has 0 aliphatic heterocycles. The van der Waals surface area contributed by atoms with Gasteiger partial charge in [-0.1, -0.05) is 11.8 Å². The van der Waals surface area contributed by atoms with Crippen molar-refractivity contribution in [2.24, 2.45) is 0 Å². The number of nitrogen functional groups attached to an aromatic ring is 1. The Balaban J connectivity index is 1.95. The number of hydrogen-bond donors (Lipinski definition) is 1. The summed E-state index contributed by atoms with van der Waals surface area (Å²) in [5.74, 6) is 7.15. The molecule has 0 radical (unpaired) electrons. The van der Waals surface area contributed by atoms with Crippen LogP contribution in [0.25, 0.3) is 0 Å². The van der Waals surface area contributed by atoms with Crippen LogP contribution in [0.2, 0.25) is 0 Å². The summed E-state index contributed by atoms with van der Waals surface area (Å²) in [7, 11) is 1.62. The molecule has 7 nitrogen and oxygen atoms in total. The molecule has 1 aliphatic carbocycles. The lowest BCUT2D eigenvalue weighted by Crippen LogP contribution is -2.44. The van der Waals surface area contributed by atoms with E-state index >= 15 is 0 Å². The second-order valence-electron chi connectivity index (χ2n) is 5.40. The summed E-state index contributed by atoms with van der Waals surface area (Å²) in [4.78, 5) is 13.5. The molecule has 1 heterocycles. The molecule has 0 bridgehead atoms. The van der Waals surface area contributed by atoms with Crippen LogP contribution >= 0.6 is 11.8 Å². The maximum Gasteiger partial charge on any atom is 0.234 e. The van der Waals surface area contributed by atoms with Gasteiger partial charge in [0.2, 0.25) is 11.1 Å². The smallest absolute Gasteiger partial charge is 0.234 e. The van der Waals surface area contributed by atoms with Gasteiger partial charge < -0.3 is 10.7 Å². The topological polar surface area (TPSA) is 101 Å². The maximum absolute atomic E-state index is 12.0. The van der Waals surface area contributed by atoms with Gasteiger partial charge in [0.15, 0.2) is 5.82 Å². The number of thioether (sulfide) groups is 1. The minimum absolute atomic E-state index is 0.141. The van der Waals surface area contributed by atoms with Crippen molar-refractivity contribution >= 4 is 17.7 Å². The Morgan fingerprint density at radius 1 is 1.60 bits per heavy atom. The van der Waals surface area contributed by atoms with Crippen LogP contribution in [0.5, 0.6) is 0 Å². The van der Waals surface area contributed by atoms with E-state index in [0.717, 1.165) is 18.7 Å².